The molecule has 4 amide bonds. The Morgan fingerprint density at radius 2 is 1.22 bits per heavy atom. The van der Waals surface area contributed by atoms with Gasteiger partial charge in [0.25, 0.3) is 0 Å². The Labute approximate surface area is 192 Å². The van der Waals surface area contributed by atoms with Gasteiger partial charge in [0.05, 0.1) is 14.2 Å². The monoisotopic (exact) mass is 490 g/mol. The zero-order valence-electron chi connectivity index (χ0n) is 17.6. The first kappa shape index (κ1) is 25.8. The van der Waals surface area contributed by atoms with Crippen LogP contribution in [-0.4, -0.2) is 85.5 Å². The summed E-state index contributed by atoms with van der Waals surface area (Å²) in [7, 11) is 4.77. The summed E-state index contributed by atoms with van der Waals surface area (Å²) < 4.78 is 9.44. The van der Waals surface area contributed by atoms with Crippen LogP contribution in [0.25, 0.3) is 0 Å². The van der Waals surface area contributed by atoms with Crippen LogP contribution in [0.5, 0.6) is 0 Å². The molecule has 0 spiro atoms. The molecule has 178 valence electrons. The first-order valence-corrected chi connectivity index (χ1v) is 12.3. The standard InChI is InChI=1S/C18H26N4O8S2/c1-29-17(27)11(21-15(25)9-3-5-13(23)19-9)7-31-32-8-12(18(28)30-2)22-16(26)10-4-6-14(24)20-10/h9-12H,3-8H2,1-2H3,(H,19,23)(H,20,24)(H,21,25)(H,22,26)/t9-,10-,11-,12?/m0/s1. The number of hydrogen-bond donors (Lipinski definition) is 4. The van der Waals surface area contributed by atoms with Gasteiger partial charge in [0.1, 0.15) is 24.2 Å². The third-order valence-electron chi connectivity index (χ3n) is 4.78. The number of methoxy groups -OCH3 is 2. The molecule has 2 saturated heterocycles. The second kappa shape index (κ2) is 12.5. The molecule has 0 bridgehead atoms. The van der Waals surface area contributed by atoms with Crippen LogP contribution in [0.3, 0.4) is 0 Å². The van der Waals surface area contributed by atoms with Crippen molar-refractivity contribution in [2.75, 3.05) is 25.7 Å². The van der Waals surface area contributed by atoms with Crippen molar-refractivity contribution in [2.45, 2.75) is 49.9 Å². The number of nitrogens with one attached hydrogen (secondary N) is 4. The van der Waals surface area contributed by atoms with E-state index in [1.54, 1.807) is 0 Å². The zero-order valence-corrected chi connectivity index (χ0v) is 19.3. The van der Waals surface area contributed by atoms with E-state index in [2.05, 4.69) is 21.3 Å². The lowest BCUT2D eigenvalue weighted by Crippen LogP contribution is -2.50. The minimum atomic E-state index is -0.956. The summed E-state index contributed by atoms with van der Waals surface area (Å²) in [5.41, 5.74) is 0. The van der Waals surface area contributed by atoms with Crippen molar-refractivity contribution >= 4 is 57.2 Å². The van der Waals surface area contributed by atoms with Gasteiger partial charge in [-0.05, 0) is 12.8 Å². The molecule has 0 radical (unpaired) electrons. The lowest BCUT2D eigenvalue weighted by molar-refractivity contribution is -0.145. The SMILES string of the molecule is COC(=O)C(CSSC[C@H](NC(=O)[C@@H]1CCC(=O)N1)C(=O)OC)NC(=O)[C@@H]1CCC(=O)N1. The maximum absolute atomic E-state index is 12.3. The minimum absolute atomic E-state index is 0.129. The first-order chi connectivity index (χ1) is 15.2. The number of ether oxygens (including phenoxy) is 2. The largest absolute Gasteiger partial charge is 0.467 e. The van der Waals surface area contributed by atoms with Gasteiger partial charge in [-0.1, -0.05) is 21.6 Å². The van der Waals surface area contributed by atoms with Gasteiger partial charge in [0.2, 0.25) is 23.6 Å². The Morgan fingerprint density at radius 3 is 1.50 bits per heavy atom. The van der Waals surface area contributed by atoms with Crippen LogP contribution >= 0.6 is 21.6 Å². The van der Waals surface area contributed by atoms with Gasteiger partial charge < -0.3 is 30.7 Å². The molecular weight excluding hydrogens is 464 g/mol. The molecule has 2 fully saturated rings. The van der Waals surface area contributed by atoms with Gasteiger partial charge in [-0.15, -0.1) is 0 Å². The number of esters is 2. The van der Waals surface area contributed by atoms with Gasteiger partial charge in [0, 0.05) is 24.3 Å². The van der Waals surface area contributed by atoms with Crippen molar-refractivity contribution in [3.63, 3.8) is 0 Å². The van der Waals surface area contributed by atoms with Crippen LogP contribution < -0.4 is 21.3 Å². The molecule has 0 aliphatic carbocycles. The predicted molar refractivity (Wildman–Crippen MR) is 115 cm³/mol. The van der Waals surface area contributed by atoms with Crippen LogP contribution in [0.1, 0.15) is 25.7 Å². The van der Waals surface area contributed by atoms with Crippen LogP contribution in [0.15, 0.2) is 0 Å². The van der Waals surface area contributed by atoms with Crippen molar-refractivity contribution < 1.29 is 38.2 Å². The van der Waals surface area contributed by atoms with Gasteiger partial charge >= 0.3 is 11.9 Å². The maximum Gasteiger partial charge on any atom is 0.329 e. The van der Waals surface area contributed by atoms with Gasteiger partial charge in [0.15, 0.2) is 0 Å². The van der Waals surface area contributed by atoms with E-state index in [9.17, 15) is 28.8 Å². The summed E-state index contributed by atoms with van der Waals surface area (Å²) >= 11 is 0. The molecule has 0 aromatic heterocycles. The van der Waals surface area contributed by atoms with Crippen molar-refractivity contribution in [1.29, 1.82) is 0 Å². The fraction of sp³-hybridized carbons (Fsp3) is 0.667. The van der Waals surface area contributed by atoms with Gasteiger partial charge in [-0.25, -0.2) is 9.59 Å². The first-order valence-electron chi connectivity index (χ1n) is 9.84. The van der Waals surface area contributed by atoms with Crippen LogP contribution in [-0.2, 0) is 38.2 Å². The molecule has 0 aromatic carbocycles. The zero-order chi connectivity index (χ0) is 23.7. The number of carbonyl (C=O) groups excluding carboxylic acids is 6. The molecule has 1 unspecified atom stereocenters. The highest BCUT2D eigenvalue weighted by molar-refractivity contribution is 8.76. The molecular formula is C18H26N4O8S2. The topological polar surface area (TPSA) is 169 Å². The number of hydrogen-bond acceptors (Lipinski definition) is 10. The van der Waals surface area contributed by atoms with Crippen molar-refractivity contribution in [3.05, 3.63) is 0 Å². The smallest absolute Gasteiger partial charge is 0.329 e. The average Bonchev–Trinajstić information content (AvgIpc) is 3.41. The van der Waals surface area contributed by atoms with Crippen molar-refractivity contribution in [1.82, 2.24) is 21.3 Å². The highest BCUT2D eigenvalue weighted by Gasteiger charge is 2.32. The molecule has 4 atom stereocenters. The van der Waals surface area contributed by atoms with E-state index in [-0.39, 0.29) is 36.2 Å². The van der Waals surface area contributed by atoms with E-state index in [4.69, 9.17) is 9.47 Å². The molecule has 4 N–H and O–H groups in total. The van der Waals surface area contributed by atoms with E-state index < -0.39 is 47.9 Å². The van der Waals surface area contributed by atoms with Crippen LogP contribution in [0, 0.1) is 0 Å². The summed E-state index contributed by atoms with van der Waals surface area (Å²) in [6, 6.07) is -3.30. The minimum Gasteiger partial charge on any atom is -0.467 e. The normalized spacial score (nSPS) is 21.7. The fourth-order valence-electron chi connectivity index (χ4n) is 3.02. The van der Waals surface area contributed by atoms with E-state index >= 15 is 0 Å². The van der Waals surface area contributed by atoms with Gasteiger partial charge in [-0.3, -0.25) is 19.2 Å². The van der Waals surface area contributed by atoms with Crippen molar-refractivity contribution in [2.24, 2.45) is 0 Å². The quantitative estimate of drug-likeness (QED) is 0.148. The van der Waals surface area contributed by atoms with E-state index in [0.717, 1.165) is 0 Å². The molecule has 12 nitrogen and oxygen atoms in total. The summed E-state index contributed by atoms with van der Waals surface area (Å²) in [6.45, 7) is 0. The molecule has 2 heterocycles. The highest BCUT2D eigenvalue weighted by atomic mass is 33.1. The molecule has 2 aliphatic heterocycles. The second-order valence-electron chi connectivity index (χ2n) is 7.06. The fourth-order valence-corrected chi connectivity index (χ4v) is 5.32. The third-order valence-corrected chi connectivity index (χ3v) is 7.20. The average molecular weight is 491 g/mol. The Bertz CT molecular complexity index is 703. The Kier molecular flexibility index (Phi) is 10.1. The predicted octanol–water partition coefficient (Wildman–Crippen LogP) is -1.76. The summed E-state index contributed by atoms with van der Waals surface area (Å²) in [5, 5.41) is 10.2. The Morgan fingerprint density at radius 1 is 0.844 bits per heavy atom. The lowest BCUT2D eigenvalue weighted by atomic mass is 10.2. The lowest BCUT2D eigenvalue weighted by Gasteiger charge is -2.20. The van der Waals surface area contributed by atoms with E-state index in [0.29, 0.717) is 12.8 Å². The molecule has 32 heavy (non-hydrogen) atoms. The molecule has 0 aromatic rings. The van der Waals surface area contributed by atoms with Crippen molar-refractivity contribution in [3.8, 4) is 0 Å². The Balaban J connectivity index is 1.83. The molecule has 2 aliphatic rings. The summed E-state index contributed by atoms with van der Waals surface area (Å²) in [6.07, 6.45) is 1.19. The number of carbonyl (C=O) groups is 6. The maximum atomic E-state index is 12.3. The molecule has 14 heteroatoms. The highest BCUT2D eigenvalue weighted by Crippen LogP contribution is 2.24. The number of rotatable bonds is 11. The molecule has 0 saturated carbocycles. The number of amides is 4. The third kappa shape index (κ3) is 7.58. The summed E-state index contributed by atoms with van der Waals surface area (Å²) in [4.78, 5) is 71.1. The Hall–Kier alpha value is -2.48. The second-order valence-corrected chi connectivity index (χ2v) is 9.61. The van der Waals surface area contributed by atoms with Crippen LogP contribution in [0.4, 0.5) is 0 Å². The van der Waals surface area contributed by atoms with Gasteiger partial charge in [-0.2, -0.15) is 0 Å². The van der Waals surface area contributed by atoms with E-state index in [1.807, 2.05) is 0 Å². The van der Waals surface area contributed by atoms with E-state index in [1.165, 1.54) is 35.8 Å². The van der Waals surface area contributed by atoms with Crippen LogP contribution in [0.2, 0.25) is 0 Å². The summed E-state index contributed by atoms with van der Waals surface area (Å²) in [5.74, 6) is -2.44. The molecule has 2 rings (SSSR count).